The summed E-state index contributed by atoms with van der Waals surface area (Å²) in [6, 6.07) is 7.23. The minimum absolute atomic E-state index is 0.0741. The Bertz CT molecular complexity index is 548. The fraction of sp³-hybridized carbons (Fsp3) is 0. The molecule has 0 saturated carbocycles. The second-order valence-corrected chi connectivity index (χ2v) is 3.27. The molecule has 0 aliphatic rings. The Labute approximate surface area is 96.0 Å². The average Bonchev–Trinajstić information content (AvgIpc) is 2.82. The summed E-state index contributed by atoms with van der Waals surface area (Å²) in [5, 5.41) is 13.1. The van der Waals surface area contributed by atoms with E-state index in [2.05, 4.69) is 5.32 Å². The molecule has 17 heavy (non-hydrogen) atoms. The van der Waals surface area contributed by atoms with E-state index in [1.54, 1.807) is 6.07 Å². The van der Waals surface area contributed by atoms with Crippen molar-refractivity contribution in [2.24, 2.45) is 0 Å². The van der Waals surface area contributed by atoms with Crippen LogP contribution in [0.4, 0.5) is 11.4 Å². The second-order valence-electron chi connectivity index (χ2n) is 3.27. The van der Waals surface area contributed by atoms with E-state index < -0.39 is 4.92 Å². The molecule has 0 bridgehead atoms. The maximum absolute atomic E-state index is 11.6. The smallest absolute Gasteiger partial charge is 0.271 e. The molecule has 1 aromatic heterocycles. The van der Waals surface area contributed by atoms with Crippen LogP contribution in [0.2, 0.25) is 0 Å². The third-order valence-electron chi connectivity index (χ3n) is 2.10. The molecule has 0 radical (unpaired) electrons. The van der Waals surface area contributed by atoms with E-state index in [9.17, 15) is 14.9 Å². The Morgan fingerprint density at radius 3 is 2.82 bits per heavy atom. The molecule has 6 nitrogen and oxygen atoms in total. The summed E-state index contributed by atoms with van der Waals surface area (Å²) in [6.07, 6.45) is 2.68. The summed E-state index contributed by atoms with van der Waals surface area (Å²) in [5.41, 5.74) is 0.650. The number of nitrogens with zero attached hydrogens (tertiary/aromatic N) is 1. The first-order valence-electron chi connectivity index (χ1n) is 4.75. The van der Waals surface area contributed by atoms with Crippen LogP contribution in [0.5, 0.6) is 0 Å². The highest BCUT2D eigenvalue weighted by atomic mass is 16.6. The number of nitro groups is 1. The van der Waals surface area contributed by atoms with Gasteiger partial charge in [-0.1, -0.05) is 6.07 Å². The molecule has 1 heterocycles. The molecule has 2 aromatic rings. The lowest BCUT2D eigenvalue weighted by atomic mass is 10.2. The second kappa shape index (κ2) is 4.48. The Hall–Kier alpha value is -2.63. The summed E-state index contributed by atoms with van der Waals surface area (Å²) in [7, 11) is 0. The lowest BCUT2D eigenvalue weighted by Crippen LogP contribution is -2.10. The van der Waals surface area contributed by atoms with Gasteiger partial charge in [-0.3, -0.25) is 14.9 Å². The van der Waals surface area contributed by atoms with Gasteiger partial charge < -0.3 is 9.73 Å². The number of amides is 1. The lowest BCUT2D eigenvalue weighted by molar-refractivity contribution is -0.384. The van der Waals surface area contributed by atoms with Gasteiger partial charge in [0, 0.05) is 17.8 Å². The van der Waals surface area contributed by atoms with Gasteiger partial charge in [-0.15, -0.1) is 0 Å². The minimum atomic E-state index is -0.520. The van der Waals surface area contributed by atoms with Crippen LogP contribution >= 0.6 is 0 Å². The maximum atomic E-state index is 11.6. The van der Waals surface area contributed by atoms with Crippen molar-refractivity contribution in [2.45, 2.75) is 0 Å². The highest BCUT2D eigenvalue weighted by molar-refractivity contribution is 6.04. The first kappa shape index (κ1) is 10.9. The van der Waals surface area contributed by atoms with Gasteiger partial charge in [-0.25, -0.2) is 0 Å². The van der Waals surface area contributed by atoms with E-state index in [1.165, 1.54) is 36.8 Å². The number of nitrogens with one attached hydrogen (secondary N) is 1. The fourth-order valence-electron chi connectivity index (χ4n) is 1.29. The zero-order valence-corrected chi connectivity index (χ0v) is 8.62. The van der Waals surface area contributed by atoms with Crippen LogP contribution in [-0.4, -0.2) is 10.8 Å². The standard InChI is InChI=1S/C11H8N2O4/c14-11(8-4-5-17-7-8)12-9-2-1-3-10(6-9)13(15)16/h1-7H,(H,12,14). The van der Waals surface area contributed by atoms with Gasteiger partial charge >= 0.3 is 0 Å². The van der Waals surface area contributed by atoms with Crippen molar-refractivity contribution in [3.8, 4) is 0 Å². The molecule has 0 atom stereocenters. The van der Waals surface area contributed by atoms with E-state index in [1.807, 2.05) is 0 Å². The van der Waals surface area contributed by atoms with Crippen molar-refractivity contribution in [3.63, 3.8) is 0 Å². The molecule has 1 aromatic carbocycles. The molecule has 1 amide bonds. The topological polar surface area (TPSA) is 85.4 Å². The summed E-state index contributed by atoms with van der Waals surface area (Å²) in [4.78, 5) is 21.6. The van der Waals surface area contributed by atoms with E-state index in [-0.39, 0.29) is 11.6 Å². The molecule has 6 heteroatoms. The third-order valence-corrected chi connectivity index (χ3v) is 2.10. The van der Waals surface area contributed by atoms with Crippen molar-refractivity contribution in [2.75, 3.05) is 5.32 Å². The Balaban J connectivity index is 2.16. The van der Waals surface area contributed by atoms with Gasteiger partial charge in [0.25, 0.3) is 11.6 Å². The van der Waals surface area contributed by atoms with Crippen LogP contribution < -0.4 is 5.32 Å². The van der Waals surface area contributed by atoms with Crippen molar-refractivity contribution < 1.29 is 14.1 Å². The summed E-state index contributed by atoms with van der Waals surface area (Å²) < 4.78 is 4.77. The first-order valence-corrected chi connectivity index (χ1v) is 4.75. The van der Waals surface area contributed by atoms with Gasteiger partial charge in [-0.2, -0.15) is 0 Å². The van der Waals surface area contributed by atoms with Crippen LogP contribution in [0.1, 0.15) is 10.4 Å². The number of carbonyl (C=O) groups excluding carboxylic acids is 1. The van der Waals surface area contributed by atoms with Crippen LogP contribution in [-0.2, 0) is 0 Å². The third kappa shape index (κ3) is 2.49. The molecule has 0 fully saturated rings. The van der Waals surface area contributed by atoms with Crippen molar-refractivity contribution in [1.29, 1.82) is 0 Å². The molecule has 0 aliphatic carbocycles. The number of non-ortho nitro benzene ring substituents is 1. The summed E-state index contributed by atoms with van der Waals surface area (Å²) in [5.74, 6) is -0.376. The molecular formula is C11H8N2O4. The largest absolute Gasteiger partial charge is 0.472 e. The predicted molar refractivity (Wildman–Crippen MR) is 59.8 cm³/mol. The Morgan fingerprint density at radius 1 is 1.35 bits per heavy atom. The summed E-state index contributed by atoms with van der Waals surface area (Å²) >= 11 is 0. The molecule has 0 saturated heterocycles. The monoisotopic (exact) mass is 232 g/mol. The fourth-order valence-corrected chi connectivity index (χ4v) is 1.29. The van der Waals surface area contributed by atoms with E-state index in [0.717, 1.165) is 0 Å². The lowest BCUT2D eigenvalue weighted by Gasteiger charge is -2.02. The van der Waals surface area contributed by atoms with Crippen molar-refractivity contribution in [3.05, 3.63) is 58.5 Å². The number of nitro benzene ring substituents is 1. The minimum Gasteiger partial charge on any atom is -0.472 e. The van der Waals surface area contributed by atoms with Crippen molar-refractivity contribution in [1.82, 2.24) is 0 Å². The molecular weight excluding hydrogens is 224 g/mol. The Morgan fingerprint density at radius 2 is 2.18 bits per heavy atom. The molecule has 0 spiro atoms. The van der Waals surface area contributed by atoms with Gasteiger partial charge in [0.05, 0.1) is 16.7 Å². The van der Waals surface area contributed by atoms with Crippen LogP contribution in [0.25, 0.3) is 0 Å². The predicted octanol–water partition coefficient (Wildman–Crippen LogP) is 2.44. The summed E-state index contributed by atoms with van der Waals surface area (Å²) in [6.45, 7) is 0. The van der Waals surface area contributed by atoms with Gasteiger partial charge in [0.15, 0.2) is 0 Å². The van der Waals surface area contributed by atoms with Crippen LogP contribution in [0, 0.1) is 10.1 Å². The van der Waals surface area contributed by atoms with Gasteiger partial charge in [0.1, 0.15) is 6.26 Å². The first-order chi connectivity index (χ1) is 8.16. The molecule has 2 rings (SSSR count). The quantitative estimate of drug-likeness (QED) is 0.650. The van der Waals surface area contributed by atoms with Gasteiger partial charge in [0.2, 0.25) is 0 Å². The molecule has 0 aliphatic heterocycles. The number of anilines is 1. The highest BCUT2D eigenvalue weighted by Crippen LogP contribution is 2.17. The average molecular weight is 232 g/mol. The zero-order valence-electron chi connectivity index (χ0n) is 8.62. The number of carbonyl (C=O) groups is 1. The SMILES string of the molecule is O=C(Nc1cccc([N+](=O)[O-])c1)c1ccoc1. The van der Waals surface area contributed by atoms with Crippen LogP contribution in [0.3, 0.4) is 0 Å². The van der Waals surface area contributed by atoms with E-state index in [0.29, 0.717) is 11.3 Å². The van der Waals surface area contributed by atoms with Gasteiger partial charge in [-0.05, 0) is 12.1 Å². The van der Waals surface area contributed by atoms with Crippen LogP contribution in [0.15, 0.2) is 47.3 Å². The number of hydrogen-bond acceptors (Lipinski definition) is 4. The maximum Gasteiger partial charge on any atom is 0.271 e. The zero-order chi connectivity index (χ0) is 12.3. The molecule has 86 valence electrons. The van der Waals surface area contributed by atoms with E-state index >= 15 is 0 Å². The molecule has 1 N–H and O–H groups in total. The van der Waals surface area contributed by atoms with E-state index in [4.69, 9.17) is 4.42 Å². The Kier molecular flexibility index (Phi) is 2.87. The number of rotatable bonds is 3. The molecule has 0 unspecified atom stereocenters. The number of benzene rings is 1. The number of furan rings is 1. The van der Waals surface area contributed by atoms with Crippen molar-refractivity contribution >= 4 is 17.3 Å². The number of hydrogen-bond donors (Lipinski definition) is 1. The highest BCUT2D eigenvalue weighted by Gasteiger charge is 2.10. The normalized spacial score (nSPS) is 9.88.